The maximum atomic E-state index is 13.8. The van der Waals surface area contributed by atoms with Crippen molar-refractivity contribution in [2.24, 2.45) is 0 Å². The van der Waals surface area contributed by atoms with Gasteiger partial charge in [-0.3, -0.25) is 14.6 Å². The lowest BCUT2D eigenvalue weighted by Gasteiger charge is -2.19. The number of pyridine rings is 1. The van der Waals surface area contributed by atoms with Crippen LogP contribution in [0.4, 0.5) is 0 Å². The minimum Gasteiger partial charge on any atom is -0.507 e. The van der Waals surface area contributed by atoms with Crippen LogP contribution >= 0.6 is 0 Å². The second-order valence-corrected chi connectivity index (χ2v) is 7.69. The molecular weight excluding hydrogens is 388 g/mol. The highest BCUT2D eigenvalue weighted by Crippen LogP contribution is 2.39. The Morgan fingerprint density at radius 2 is 1.58 bits per heavy atom. The van der Waals surface area contributed by atoms with Gasteiger partial charge in [-0.05, 0) is 23.8 Å². The zero-order valence-corrected chi connectivity index (χ0v) is 16.4. The smallest absolute Gasteiger partial charge is 0.212 e. The van der Waals surface area contributed by atoms with Crippen LogP contribution in [-0.4, -0.2) is 26.2 Å². The number of hydrogen-bond acceptors (Lipinski definition) is 4. The molecule has 0 amide bonds. The third-order valence-electron chi connectivity index (χ3n) is 5.94. The van der Waals surface area contributed by atoms with Gasteiger partial charge in [-0.1, -0.05) is 54.6 Å². The maximum Gasteiger partial charge on any atom is 0.212 e. The molecule has 0 bridgehead atoms. The van der Waals surface area contributed by atoms with E-state index in [1.54, 1.807) is 12.1 Å². The van der Waals surface area contributed by atoms with E-state index >= 15 is 0 Å². The van der Waals surface area contributed by atoms with Gasteiger partial charge in [0.25, 0.3) is 0 Å². The molecule has 0 unspecified atom stereocenters. The van der Waals surface area contributed by atoms with Crippen molar-refractivity contribution >= 4 is 33.4 Å². The molecule has 2 aromatic heterocycles. The lowest BCUT2D eigenvalue weighted by Crippen LogP contribution is -2.24. The van der Waals surface area contributed by atoms with Crippen molar-refractivity contribution in [2.45, 2.75) is 6.54 Å². The summed E-state index contributed by atoms with van der Waals surface area (Å²) in [4.78, 5) is 31.8. The first-order valence-corrected chi connectivity index (χ1v) is 10.0. The normalized spacial score (nSPS) is 12.9. The van der Waals surface area contributed by atoms with Gasteiger partial charge in [0, 0.05) is 29.2 Å². The first-order chi connectivity index (χ1) is 15.1. The summed E-state index contributed by atoms with van der Waals surface area (Å²) >= 11 is 0. The van der Waals surface area contributed by atoms with Crippen molar-refractivity contribution in [1.82, 2.24) is 9.55 Å². The summed E-state index contributed by atoms with van der Waals surface area (Å²) < 4.78 is 1.91. The predicted molar refractivity (Wildman–Crippen MR) is 118 cm³/mol. The largest absolute Gasteiger partial charge is 0.507 e. The second-order valence-electron chi connectivity index (χ2n) is 7.69. The van der Waals surface area contributed by atoms with Crippen LogP contribution in [0.5, 0.6) is 5.75 Å². The average Bonchev–Trinajstić information content (AvgIpc) is 3.12. The second kappa shape index (κ2) is 6.37. The monoisotopic (exact) mass is 404 g/mol. The number of carbonyl (C=O) groups excluding carboxylic acids is 2. The predicted octanol–water partition coefficient (Wildman–Crippen LogP) is 4.72. The van der Waals surface area contributed by atoms with Crippen LogP contribution in [-0.2, 0) is 6.54 Å². The summed E-state index contributed by atoms with van der Waals surface area (Å²) in [6, 6.07) is 22.3. The van der Waals surface area contributed by atoms with E-state index in [1.807, 2.05) is 59.2 Å². The van der Waals surface area contributed by atoms with E-state index in [1.165, 1.54) is 12.3 Å². The summed E-state index contributed by atoms with van der Waals surface area (Å²) in [5, 5.41) is 11.5. The molecule has 6 rings (SSSR count). The van der Waals surface area contributed by atoms with Gasteiger partial charge in [-0.25, -0.2) is 0 Å². The Morgan fingerprint density at radius 3 is 2.42 bits per heavy atom. The van der Waals surface area contributed by atoms with Gasteiger partial charge < -0.3 is 9.67 Å². The molecule has 5 aromatic rings. The van der Waals surface area contributed by atoms with Gasteiger partial charge >= 0.3 is 0 Å². The molecule has 148 valence electrons. The number of carbonyl (C=O) groups is 2. The standard InChI is InChI=1S/C26H16N2O3/c29-20-12-6-10-18-23(20)21-17(13-27-18)25(30)24-22(26(21)31)16-9-4-5-11-19(16)28(24)14-15-7-2-1-3-8-15/h1-13,29H,14H2. The number of para-hydroxylation sites is 1. The molecule has 0 aliphatic heterocycles. The summed E-state index contributed by atoms with van der Waals surface area (Å²) in [6.45, 7) is 0.470. The van der Waals surface area contributed by atoms with Crippen molar-refractivity contribution in [1.29, 1.82) is 0 Å². The first-order valence-electron chi connectivity index (χ1n) is 10.0. The molecule has 1 N–H and O–H groups in total. The van der Waals surface area contributed by atoms with Gasteiger partial charge in [0.15, 0.2) is 5.78 Å². The van der Waals surface area contributed by atoms with E-state index in [4.69, 9.17) is 0 Å². The third kappa shape index (κ3) is 2.40. The van der Waals surface area contributed by atoms with Gasteiger partial charge in [-0.15, -0.1) is 0 Å². The van der Waals surface area contributed by atoms with Gasteiger partial charge in [0.05, 0.1) is 22.0 Å². The molecule has 0 saturated heterocycles. The van der Waals surface area contributed by atoms with Gasteiger partial charge in [0.1, 0.15) is 11.4 Å². The van der Waals surface area contributed by atoms with Crippen molar-refractivity contribution in [3.05, 3.63) is 107 Å². The number of aromatic hydroxyl groups is 1. The number of phenols is 1. The fourth-order valence-corrected chi connectivity index (χ4v) is 4.59. The van der Waals surface area contributed by atoms with E-state index in [0.29, 0.717) is 28.7 Å². The molecule has 1 aliphatic rings. The van der Waals surface area contributed by atoms with Gasteiger partial charge in [-0.2, -0.15) is 0 Å². The molecule has 0 radical (unpaired) electrons. The minimum absolute atomic E-state index is 0.0560. The molecule has 0 atom stereocenters. The SMILES string of the molecule is O=C1c2c(n(Cc3ccccc3)c3ccccc23)C(=O)c2cnc3cccc(O)c3c21. The molecule has 2 heterocycles. The van der Waals surface area contributed by atoms with Crippen LogP contribution in [0.2, 0.25) is 0 Å². The Morgan fingerprint density at radius 1 is 0.806 bits per heavy atom. The van der Waals surface area contributed by atoms with E-state index in [2.05, 4.69) is 4.98 Å². The number of nitrogens with zero attached hydrogens (tertiary/aromatic N) is 2. The van der Waals surface area contributed by atoms with Crippen molar-refractivity contribution in [2.75, 3.05) is 0 Å². The molecule has 0 spiro atoms. The molecule has 31 heavy (non-hydrogen) atoms. The van der Waals surface area contributed by atoms with Crippen molar-refractivity contribution in [3.8, 4) is 5.75 Å². The quantitative estimate of drug-likeness (QED) is 0.453. The molecule has 1 aliphatic carbocycles. The third-order valence-corrected chi connectivity index (χ3v) is 5.94. The van der Waals surface area contributed by atoms with E-state index < -0.39 is 0 Å². The summed E-state index contributed by atoms with van der Waals surface area (Å²) in [5.41, 5.74) is 3.56. The fraction of sp³-hybridized carbons (Fsp3) is 0.0385. The van der Waals surface area contributed by atoms with Crippen LogP contribution in [0.3, 0.4) is 0 Å². The average molecular weight is 404 g/mol. The number of aromatic nitrogens is 2. The van der Waals surface area contributed by atoms with Crippen molar-refractivity contribution in [3.63, 3.8) is 0 Å². The van der Waals surface area contributed by atoms with Gasteiger partial charge in [0.2, 0.25) is 5.78 Å². The molecular formula is C26H16N2O3. The van der Waals surface area contributed by atoms with E-state index in [0.717, 1.165) is 16.5 Å². The van der Waals surface area contributed by atoms with E-state index in [9.17, 15) is 14.7 Å². The lowest BCUT2D eigenvalue weighted by atomic mass is 9.85. The van der Waals surface area contributed by atoms with Crippen LogP contribution in [0, 0.1) is 0 Å². The highest BCUT2D eigenvalue weighted by Gasteiger charge is 2.37. The number of rotatable bonds is 2. The number of phenolic OH excluding ortho intramolecular Hbond substituents is 1. The van der Waals surface area contributed by atoms with Crippen LogP contribution in [0.15, 0.2) is 79.0 Å². The number of hydrogen-bond donors (Lipinski definition) is 1. The van der Waals surface area contributed by atoms with Crippen LogP contribution in [0.25, 0.3) is 21.8 Å². The Labute approximate surface area is 177 Å². The number of benzene rings is 3. The number of fused-ring (bicyclic) bond motifs is 6. The molecule has 0 fully saturated rings. The molecule has 5 nitrogen and oxygen atoms in total. The zero-order chi connectivity index (χ0) is 21.1. The number of ketones is 2. The van der Waals surface area contributed by atoms with Crippen molar-refractivity contribution < 1.29 is 14.7 Å². The fourth-order valence-electron chi connectivity index (χ4n) is 4.59. The zero-order valence-electron chi connectivity index (χ0n) is 16.4. The molecule has 0 saturated carbocycles. The highest BCUT2D eigenvalue weighted by molar-refractivity contribution is 6.35. The summed E-state index contributed by atoms with van der Waals surface area (Å²) in [7, 11) is 0. The first kappa shape index (κ1) is 17.6. The Bertz CT molecular complexity index is 1550. The molecule has 5 heteroatoms. The van der Waals surface area contributed by atoms with Crippen LogP contribution < -0.4 is 0 Å². The highest BCUT2D eigenvalue weighted by atomic mass is 16.3. The Balaban J connectivity index is 1.69. The summed E-state index contributed by atoms with van der Waals surface area (Å²) in [5.74, 6) is -0.574. The lowest BCUT2D eigenvalue weighted by molar-refractivity contribution is 0.0975. The maximum absolute atomic E-state index is 13.8. The topological polar surface area (TPSA) is 72.2 Å². The van der Waals surface area contributed by atoms with Crippen LogP contribution in [0.1, 0.15) is 37.5 Å². The summed E-state index contributed by atoms with van der Waals surface area (Å²) in [6.07, 6.45) is 1.45. The van der Waals surface area contributed by atoms with E-state index in [-0.39, 0.29) is 28.4 Å². The minimum atomic E-state index is -0.262. The Hall–Kier alpha value is -4.25. The Kier molecular flexibility index (Phi) is 3.62. The molecule has 3 aromatic carbocycles.